The van der Waals surface area contributed by atoms with E-state index in [4.69, 9.17) is 5.11 Å². The zero-order valence-electron chi connectivity index (χ0n) is 9.84. The molecular formula is C13H22NO2+. The molecule has 1 rings (SSSR count). The summed E-state index contributed by atoms with van der Waals surface area (Å²) in [7, 11) is 0. The third-order valence-electron chi connectivity index (χ3n) is 2.75. The number of hydrogen-bond acceptors (Lipinski definition) is 2. The standard InChI is InChI=1S/C13H21NO2/c1-11(14-9-13(16)10-15)7-8-12-5-3-2-4-6-12/h2-6,11,13-16H,7-10H2,1H3/p+1/t11-,13-/m1/s1. The van der Waals surface area contributed by atoms with Crippen LogP contribution in [0.2, 0.25) is 0 Å². The number of aliphatic hydroxyl groups is 2. The number of rotatable bonds is 7. The van der Waals surface area contributed by atoms with Gasteiger partial charge in [0.05, 0.1) is 12.6 Å². The maximum atomic E-state index is 9.21. The van der Waals surface area contributed by atoms with Crippen LogP contribution in [0.4, 0.5) is 0 Å². The SMILES string of the molecule is C[C@H](CCc1ccccc1)[NH2+]C[C@@H](O)CO. The van der Waals surface area contributed by atoms with E-state index in [2.05, 4.69) is 36.5 Å². The highest BCUT2D eigenvalue weighted by atomic mass is 16.3. The molecule has 3 nitrogen and oxygen atoms in total. The van der Waals surface area contributed by atoms with Crippen molar-refractivity contribution < 1.29 is 15.5 Å². The Kier molecular flexibility index (Phi) is 6.08. The molecule has 2 atom stereocenters. The molecule has 0 spiro atoms. The molecule has 0 aliphatic heterocycles. The monoisotopic (exact) mass is 224 g/mol. The van der Waals surface area contributed by atoms with Crippen LogP contribution in [-0.2, 0) is 6.42 Å². The average molecular weight is 224 g/mol. The lowest BCUT2D eigenvalue weighted by molar-refractivity contribution is -0.692. The summed E-state index contributed by atoms with van der Waals surface area (Å²) in [5.41, 5.74) is 1.35. The number of nitrogens with two attached hydrogens (primary N) is 1. The first-order valence-corrected chi connectivity index (χ1v) is 5.88. The Hall–Kier alpha value is -0.900. The summed E-state index contributed by atoms with van der Waals surface area (Å²) in [6.07, 6.45) is 1.55. The van der Waals surface area contributed by atoms with Gasteiger partial charge in [0, 0.05) is 6.42 Å². The predicted octanol–water partition coefficient (Wildman–Crippen LogP) is -0.0757. The van der Waals surface area contributed by atoms with Gasteiger partial charge in [-0.25, -0.2) is 0 Å². The number of benzene rings is 1. The van der Waals surface area contributed by atoms with Gasteiger partial charge < -0.3 is 15.5 Å². The molecule has 0 bridgehead atoms. The largest absolute Gasteiger partial charge is 0.393 e. The van der Waals surface area contributed by atoms with Crippen LogP contribution < -0.4 is 5.32 Å². The molecule has 0 amide bonds. The molecule has 1 aromatic rings. The van der Waals surface area contributed by atoms with E-state index < -0.39 is 6.10 Å². The molecule has 0 saturated heterocycles. The molecule has 4 N–H and O–H groups in total. The van der Waals surface area contributed by atoms with Crippen LogP contribution in [0, 0.1) is 0 Å². The van der Waals surface area contributed by atoms with Crippen molar-refractivity contribution in [3.63, 3.8) is 0 Å². The van der Waals surface area contributed by atoms with Crippen molar-refractivity contribution in [2.45, 2.75) is 31.9 Å². The van der Waals surface area contributed by atoms with E-state index >= 15 is 0 Å². The average Bonchev–Trinajstić information content (AvgIpc) is 2.34. The van der Waals surface area contributed by atoms with Crippen molar-refractivity contribution >= 4 is 0 Å². The molecule has 0 fully saturated rings. The lowest BCUT2D eigenvalue weighted by Gasteiger charge is -2.12. The fraction of sp³-hybridized carbons (Fsp3) is 0.538. The van der Waals surface area contributed by atoms with Gasteiger partial charge in [-0.05, 0) is 18.9 Å². The Labute approximate surface area is 97.1 Å². The minimum absolute atomic E-state index is 0.151. The van der Waals surface area contributed by atoms with Crippen molar-refractivity contribution in [1.29, 1.82) is 0 Å². The maximum Gasteiger partial charge on any atom is 0.126 e. The molecule has 0 aliphatic rings. The molecule has 90 valence electrons. The van der Waals surface area contributed by atoms with Gasteiger partial charge in [0.25, 0.3) is 0 Å². The Morgan fingerprint density at radius 2 is 1.94 bits per heavy atom. The molecule has 0 heterocycles. The van der Waals surface area contributed by atoms with Crippen molar-refractivity contribution in [3.8, 4) is 0 Å². The molecular weight excluding hydrogens is 202 g/mol. The van der Waals surface area contributed by atoms with Crippen molar-refractivity contribution in [3.05, 3.63) is 35.9 Å². The molecule has 0 aromatic heterocycles. The van der Waals surface area contributed by atoms with E-state index in [0.29, 0.717) is 12.6 Å². The van der Waals surface area contributed by atoms with E-state index in [0.717, 1.165) is 12.8 Å². The molecule has 0 aliphatic carbocycles. The highest BCUT2D eigenvalue weighted by Gasteiger charge is 2.09. The topological polar surface area (TPSA) is 57.1 Å². The Morgan fingerprint density at radius 3 is 2.56 bits per heavy atom. The highest BCUT2D eigenvalue weighted by molar-refractivity contribution is 5.14. The van der Waals surface area contributed by atoms with Crippen LogP contribution >= 0.6 is 0 Å². The van der Waals surface area contributed by atoms with Gasteiger partial charge in [0.15, 0.2) is 0 Å². The second-order valence-electron chi connectivity index (χ2n) is 4.31. The minimum atomic E-state index is -0.598. The lowest BCUT2D eigenvalue weighted by Crippen LogP contribution is -2.91. The van der Waals surface area contributed by atoms with Crippen molar-refractivity contribution in [2.24, 2.45) is 0 Å². The summed E-state index contributed by atoms with van der Waals surface area (Å²) in [6, 6.07) is 10.9. The zero-order valence-corrected chi connectivity index (χ0v) is 9.84. The van der Waals surface area contributed by atoms with Crippen LogP contribution in [0.3, 0.4) is 0 Å². The summed E-state index contributed by atoms with van der Waals surface area (Å²) >= 11 is 0. The maximum absolute atomic E-state index is 9.21. The first-order chi connectivity index (χ1) is 7.72. The van der Waals surface area contributed by atoms with Gasteiger partial charge in [-0.2, -0.15) is 0 Å². The summed E-state index contributed by atoms with van der Waals surface area (Å²) in [5.74, 6) is 0. The third kappa shape index (κ3) is 5.26. The van der Waals surface area contributed by atoms with Gasteiger partial charge >= 0.3 is 0 Å². The van der Waals surface area contributed by atoms with Crippen molar-refractivity contribution in [1.82, 2.24) is 0 Å². The van der Waals surface area contributed by atoms with E-state index in [1.54, 1.807) is 0 Å². The van der Waals surface area contributed by atoms with Crippen LogP contribution in [-0.4, -0.2) is 35.5 Å². The van der Waals surface area contributed by atoms with Gasteiger partial charge in [-0.1, -0.05) is 30.3 Å². The zero-order chi connectivity index (χ0) is 11.8. The smallest absolute Gasteiger partial charge is 0.126 e. The van der Waals surface area contributed by atoms with Crippen LogP contribution in [0.25, 0.3) is 0 Å². The van der Waals surface area contributed by atoms with Gasteiger partial charge in [-0.15, -0.1) is 0 Å². The Morgan fingerprint density at radius 1 is 1.25 bits per heavy atom. The van der Waals surface area contributed by atoms with Crippen LogP contribution in [0.15, 0.2) is 30.3 Å². The van der Waals surface area contributed by atoms with Gasteiger partial charge in [0.2, 0.25) is 0 Å². The molecule has 0 radical (unpaired) electrons. The summed E-state index contributed by atoms with van der Waals surface area (Å²) in [4.78, 5) is 0. The fourth-order valence-corrected chi connectivity index (χ4v) is 1.62. The predicted molar refractivity (Wildman–Crippen MR) is 64.1 cm³/mol. The summed E-state index contributed by atoms with van der Waals surface area (Å²) in [6.45, 7) is 2.57. The third-order valence-corrected chi connectivity index (χ3v) is 2.75. The number of hydrogen-bond donors (Lipinski definition) is 3. The van der Waals surface area contributed by atoms with E-state index in [1.807, 2.05) is 6.07 Å². The minimum Gasteiger partial charge on any atom is -0.393 e. The number of aryl methyl sites for hydroxylation is 1. The quantitative estimate of drug-likeness (QED) is 0.607. The summed E-state index contributed by atoms with van der Waals surface area (Å²) < 4.78 is 0. The highest BCUT2D eigenvalue weighted by Crippen LogP contribution is 2.02. The van der Waals surface area contributed by atoms with E-state index in [-0.39, 0.29) is 6.61 Å². The first kappa shape index (κ1) is 13.2. The molecule has 16 heavy (non-hydrogen) atoms. The lowest BCUT2D eigenvalue weighted by atomic mass is 10.1. The number of quaternary nitrogens is 1. The van der Waals surface area contributed by atoms with Crippen LogP contribution in [0.5, 0.6) is 0 Å². The fourth-order valence-electron chi connectivity index (χ4n) is 1.62. The van der Waals surface area contributed by atoms with E-state index in [1.165, 1.54) is 5.56 Å². The van der Waals surface area contributed by atoms with Crippen LogP contribution in [0.1, 0.15) is 18.9 Å². The summed E-state index contributed by atoms with van der Waals surface area (Å²) in [5, 5.41) is 20.0. The normalized spacial score (nSPS) is 14.7. The Bertz CT molecular complexity index is 277. The first-order valence-electron chi connectivity index (χ1n) is 5.88. The second kappa shape index (κ2) is 7.39. The Balaban J connectivity index is 2.18. The molecule has 0 saturated carbocycles. The van der Waals surface area contributed by atoms with Crippen molar-refractivity contribution in [2.75, 3.05) is 13.2 Å². The van der Waals surface area contributed by atoms with Gasteiger partial charge in [-0.3, -0.25) is 0 Å². The number of aliphatic hydroxyl groups excluding tert-OH is 2. The van der Waals surface area contributed by atoms with Gasteiger partial charge in [0.1, 0.15) is 12.6 Å². The molecule has 0 unspecified atom stereocenters. The second-order valence-corrected chi connectivity index (χ2v) is 4.31. The van der Waals surface area contributed by atoms with E-state index in [9.17, 15) is 5.11 Å². The molecule has 3 heteroatoms. The molecule has 1 aromatic carbocycles.